The van der Waals surface area contributed by atoms with E-state index in [4.69, 9.17) is 0 Å². The second-order valence-electron chi connectivity index (χ2n) is 6.32. The summed E-state index contributed by atoms with van der Waals surface area (Å²) in [5, 5.41) is 14.3. The molecule has 0 aliphatic carbocycles. The Morgan fingerprint density at radius 1 is 0.926 bits per heavy atom. The van der Waals surface area contributed by atoms with E-state index >= 15 is 0 Å². The quantitative estimate of drug-likeness (QED) is 0.577. The molecule has 1 amide bonds. The van der Waals surface area contributed by atoms with Gasteiger partial charge in [-0.05, 0) is 17.2 Å². The highest BCUT2D eigenvalue weighted by atomic mass is 16.3. The Kier molecular flexibility index (Phi) is 4.44. The zero-order valence-electron chi connectivity index (χ0n) is 14.6. The van der Waals surface area contributed by atoms with E-state index < -0.39 is 11.5 Å². The number of pyridine rings is 1. The first-order chi connectivity index (χ1) is 13.2. The number of carbonyl (C=O) groups excluding carboxylic acids is 1. The van der Waals surface area contributed by atoms with Crippen LogP contribution in [0, 0.1) is 0 Å². The van der Waals surface area contributed by atoms with Crippen LogP contribution in [0.25, 0.3) is 5.65 Å². The molecule has 0 aliphatic rings. The van der Waals surface area contributed by atoms with Crippen molar-refractivity contribution < 1.29 is 9.90 Å². The molecule has 2 aromatic carbocycles. The van der Waals surface area contributed by atoms with Gasteiger partial charge >= 0.3 is 0 Å². The van der Waals surface area contributed by atoms with Gasteiger partial charge in [-0.2, -0.15) is 0 Å². The molecule has 0 radical (unpaired) electrons. The Bertz CT molecular complexity index is 1020. The van der Waals surface area contributed by atoms with Crippen LogP contribution >= 0.6 is 0 Å². The van der Waals surface area contributed by atoms with Gasteiger partial charge in [-0.15, -0.1) is 0 Å². The van der Waals surface area contributed by atoms with Gasteiger partial charge in [0.25, 0.3) is 5.91 Å². The molecular weight excluding hydrogens is 338 g/mol. The van der Waals surface area contributed by atoms with Gasteiger partial charge in [-0.25, -0.2) is 4.98 Å². The Morgan fingerprint density at radius 2 is 1.56 bits per heavy atom. The van der Waals surface area contributed by atoms with E-state index in [1.54, 1.807) is 30.5 Å². The van der Waals surface area contributed by atoms with E-state index in [-0.39, 0.29) is 6.54 Å². The van der Waals surface area contributed by atoms with Crippen LogP contribution in [0.4, 0.5) is 0 Å². The summed E-state index contributed by atoms with van der Waals surface area (Å²) < 4.78 is 1.89. The van der Waals surface area contributed by atoms with E-state index in [0.29, 0.717) is 11.1 Å². The van der Waals surface area contributed by atoms with Crippen molar-refractivity contribution in [2.45, 2.75) is 12.1 Å². The summed E-state index contributed by atoms with van der Waals surface area (Å²) in [5.74, 6) is -0.478. The monoisotopic (exact) mass is 357 g/mol. The number of aliphatic hydroxyl groups is 1. The third kappa shape index (κ3) is 3.09. The maximum Gasteiger partial charge on any atom is 0.261 e. The number of nitrogens with one attached hydrogen (secondary N) is 1. The number of imidazole rings is 1. The molecule has 2 N–H and O–H groups in total. The van der Waals surface area contributed by atoms with Crippen LogP contribution in [0.1, 0.15) is 16.7 Å². The first-order valence-corrected chi connectivity index (χ1v) is 8.72. The Labute approximate surface area is 156 Å². The fraction of sp³-hybridized carbons (Fsp3) is 0.0909. The van der Waals surface area contributed by atoms with Gasteiger partial charge in [-0.1, -0.05) is 66.7 Å². The zero-order valence-corrected chi connectivity index (χ0v) is 14.6. The number of fused-ring (bicyclic) bond motifs is 1. The lowest BCUT2D eigenvalue weighted by molar-refractivity contribution is -0.136. The van der Waals surface area contributed by atoms with E-state index in [2.05, 4.69) is 10.3 Å². The van der Waals surface area contributed by atoms with Gasteiger partial charge in [0, 0.05) is 30.7 Å². The number of aromatic nitrogens is 2. The molecule has 0 saturated carbocycles. The molecule has 5 heteroatoms. The Morgan fingerprint density at radius 3 is 2.19 bits per heavy atom. The second kappa shape index (κ2) is 7.05. The van der Waals surface area contributed by atoms with Crippen LogP contribution < -0.4 is 5.32 Å². The second-order valence-corrected chi connectivity index (χ2v) is 6.32. The minimum atomic E-state index is -1.77. The maximum absolute atomic E-state index is 13.1. The van der Waals surface area contributed by atoms with Gasteiger partial charge in [0.15, 0.2) is 5.60 Å². The average molecular weight is 357 g/mol. The maximum atomic E-state index is 13.1. The third-order valence-electron chi connectivity index (χ3n) is 4.65. The van der Waals surface area contributed by atoms with E-state index in [1.807, 2.05) is 65.3 Å². The van der Waals surface area contributed by atoms with E-state index in [1.165, 1.54) is 0 Å². The first-order valence-electron chi connectivity index (χ1n) is 8.72. The Balaban J connectivity index is 1.66. The number of rotatable bonds is 5. The van der Waals surface area contributed by atoms with Crippen molar-refractivity contribution in [2.24, 2.45) is 0 Å². The molecule has 0 unspecified atom stereocenters. The molecule has 134 valence electrons. The van der Waals surface area contributed by atoms with Crippen molar-refractivity contribution in [3.8, 4) is 0 Å². The van der Waals surface area contributed by atoms with E-state index in [9.17, 15) is 9.90 Å². The molecule has 4 rings (SSSR count). The zero-order chi connectivity index (χ0) is 18.7. The van der Waals surface area contributed by atoms with Crippen molar-refractivity contribution in [3.05, 3.63) is 108 Å². The predicted molar refractivity (Wildman–Crippen MR) is 103 cm³/mol. The number of nitrogens with zero attached hydrogens (tertiary/aromatic N) is 2. The normalized spacial score (nSPS) is 11.4. The van der Waals surface area contributed by atoms with Crippen LogP contribution in [-0.4, -0.2) is 20.4 Å². The first kappa shape index (κ1) is 17.0. The molecule has 5 nitrogen and oxygen atoms in total. The van der Waals surface area contributed by atoms with Gasteiger partial charge in [0.05, 0.1) is 0 Å². The minimum absolute atomic E-state index is 0.266. The third-order valence-corrected chi connectivity index (χ3v) is 4.65. The largest absolute Gasteiger partial charge is 0.372 e. The highest BCUT2D eigenvalue weighted by molar-refractivity contribution is 5.90. The summed E-state index contributed by atoms with van der Waals surface area (Å²) >= 11 is 0. The summed E-state index contributed by atoms with van der Waals surface area (Å²) in [6.07, 6.45) is 5.47. The lowest BCUT2D eigenvalue weighted by Crippen LogP contribution is -2.45. The minimum Gasteiger partial charge on any atom is -0.372 e. The van der Waals surface area contributed by atoms with Crippen LogP contribution in [0.3, 0.4) is 0 Å². The van der Waals surface area contributed by atoms with E-state index in [0.717, 1.165) is 11.2 Å². The average Bonchev–Trinajstić information content (AvgIpc) is 3.22. The summed E-state index contributed by atoms with van der Waals surface area (Å²) in [6, 6.07) is 21.8. The smallest absolute Gasteiger partial charge is 0.261 e. The SMILES string of the molecule is O=C(NCc1cccn2ccnc12)C(O)(c1ccccc1)c1ccccc1. The van der Waals surface area contributed by atoms with Crippen LogP contribution in [0.2, 0.25) is 0 Å². The van der Waals surface area contributed by atoms with Crippen molar-refractivity contribution in [1.29, 1.82) is 0 Å². The lowest BCUT2D eigenvalue weighted by Gasteiger charge is -2.28. The fourth-order valence-corrected chi connectivity index (χ4v) is 3.24. The summed E-state index contributed by atoms with van der Waals surface area (Å²) in [6.45, 7) is 0.266. The molecule has 2 aromatic heterocycles. The summed E-state index contributed by atoms with van der Waals surface area (Å²) in [5.41, 5.74) is 0.920. The molecule has 0 fully saturated rings. The molecule has 2 heterocycles. The van der Waals surface area contributed by atoms with Crippen LogP contribution in [0.5, 0.6) is 0 Å². The standard InChI is InChI=1S/C22H19N3O2/c26-21(24-16-17-8-7-14-25-15-13-23-20(17)25)22(27,18-9-3-1-4-10-18)19-11-5-2-6-12-19/h1-15,27H,16H2,(H,24,26). The molecule has 4 aromatic rings. The van der Waals surface area contributed by atoms with Gasteiger partial charge in [-0.3, -0.25) is 4.79 Å². The van der Waals surface area contributed by atoms with Gasteiger partial charge in [0.2, 0.25) is 0 Å². The molecule has 0 bridgehead atoms. The molecule has 27 heavy (non-hydrogen) atoms. The number of hydrogen-bond donors (Lipinski definition) is 2. The molecule has 0 atom stereocenters. The fourth-order valence-electron chi connectivity index (χ4n) is 3.24. The highest BCUT2D eigenvalue weighted by Crippen LogP contribution is 2.30. The van der Waals surface area contributed by atoms with Crippen LogP contribution in [0.15, 0.2) is 91.4 Å². The predicted octanol–water partition coefficient (Wildman–Crippen LogP) is 2.89. The number of benzene rings is 2. The lowest BCUT2D eigenvalue weighted by atomic mass is 9.85. The summed E-state index contributed by atoms with van der Waals surface area (Å²) in [4.78, 5) is 17.4. The van der Waals surface area contributed by atoms with Gasteiger partial charge < -0.3 is 14.8 Å². The number of carbonyl (C=O) groups is 1. The molecule has 0 aliphatic heterocycles. The van der Waals surface area contributed by atoms with Crippen LogP contribution in [-0.2, 0) is 16.9 Å². The Hall–Kier alpha value is -3.44. The molecule has 0 saturated heterocycles. The van der Waals surface area contributed by atoms with Crippen molar-refractivity contribution in [2.75, 3.05) is 0 Å². The number of amides is 1. The summed E-state index contributed by atoms with van der Waals surface area (Å²) in [7, 11) is 0. The van der Waals surface area contributed by atoms with Gasteiger partial charge in [0.1, 0.15) is 5.65 Å². The van der Waals surface area contributed by atoms with Crippen molar-refractivity contribution >= 4 is 11.6 Å². The van der Waals surface area contributed by atoms with Crippen molar-refractivity contribution in [3.63, 3.8) is 0 Å². The number of hydrogen-bond acceptors (Lipinski definition) is 3. The topological polar surface area (TPSA) is 66.6 Å². The van der Waals surface area contributed by atoms with Crippen molar-refractivity contribution in [1.82, 2.24) is 14.7 Å². The molecular formula is C22H19N3O2. The molecule has 0 spiro atoms. The highest BCUT2D eigenvalue weighted by Gasteiger charge is 2.39.